The summed E-state index contributed by atoms with van der Waals surface area (Å²) < 4.78 is 16.6. The molecule has 0 radical (unpaired) electrons. The Bertz CT molecular complexity index is 285. The van der Waals surface area contributed by atoms with Gasteiger partial charge in [-0.25, -0.2) is 0 Å². The maximum absolute atomic E-state index is 10.1. The van der Waals surface area contributed by atoms with Crippen molar-refractivity contribution in [3.05, 3.63) is 0 Å². The Labute approximate surface area is 195 Å². The molecule has 0 aliphatic heterocycles. The number of hydrogen-bond donors (Lipinski definition) is 1. The minimum absolute atomic E-state index is 0. The van der Waals surface area contributed by atoms with E-state index >= 15 is 0 Å². The van der Waals surface area contributed by atoms with E-state index in [1.54, 1.807) is 0 Å². The van der Waals surface area contributed by atoms with Crippen molar-refractivity contribution in [2.45, 2.75) is 118 Å². The molecule has 174 valence electrons. The van der Waals surface area contributed by atoms with E-state index in [1.807, 2.05) is 0 Å². The molecule has 1 N–H and O–H groups in total. The molecule has 0 aromatic rings. The maximum atomic E-state index is 10.1. The van der Waals surface area contributed by atoms with E-state index in [1.165, 1.54) is 32.1 Å². The molecule has 0 saturated heterocycles. The normalized spacial score (nSPS) is 10.1. The van der Waals surface area contributed by atoms with E-state index in [0.29, 0.717) is 6.42 Å². The van der Waals surface area contributed by atoms with Crippen LogP contribution in [0.4, 0.5) is 0 Å². The van der Waals surface area contributed by atoms with Crippen LogP contribution < -0.4 is 0 Å². The molecule has 7 heteroatoms. The Morgan fingerprint density at radius 3 is 1.31 bits per heavy atom. The van der Waals surface area contributed by atoms with Crippen molar-refractivity contribution in [2.75, 3.05) is 19.8 Å². The smallest absolute Gasteiger partial charge is 0.481 e. The number of hydrogen-bond acceptors (Lipinski definition) is 4. The summed E-state index contributed by atoms with van der Waals surface area (Å²) in [6, 6.07) is 0. The number of aliphatic carboxylic acids is 1. The molecule has 29 heavy (non-hydrogen) atoms. The zero-order valence-electron chi connectivity index (χ0n) is 19.6. The molecule has 0 rings (SSSR count). The van der Waals surface area contributed by atoms with Gasteiger partial charge in [-0.15, -0.1) is 0 Å². The molecule has 0 amide bonds. The Morgan fingerprint density at radius 1 is 0.621 bits per heavy atom. The van der Waals surface area contributed by atoms with Crippen molar-refractivity contribution >= 4 is 13.3 Å². The fraction of sp³-hybridized carbons (Fsp3) is 0.955. The van der Waals surface area contributed by atoms with Gasteiger partial charge in [0.1, 0.15) is 0 Å². The van der Waals surface area contributed by atoms with E-state index in [0.717, 1.165) is 71.2 Å². The predicted molar refractivity (Wildman–Crippen MR) is 119 cm³/mol. The summed E-state index contributed by atoms with van der Waals surface area (Å²) in [7, 11) is -0.454. The summed E-state index contributed by atoms with van der Waals surface area (Å²) in [5, 5.41) is 8.35. The molecule has 0 aliphatic carbocycles. The van der Waals surface area contributed by atoms with Crippen molar-refractivity contribution in [1.82, 2.24) is 0 Å². The van der Waals surface area contributed by atoms with Crippen molar-refractivity contribution in [1.29, 1.82) is 0 Å². The maximum Gasteiger partial charge on any atom is 0.639 e. The van der Waals surface area contributed by atoms with Crippen LogP contribution >= 0.6 is 0 Å². The van der Waals surface area contributed by atoms with Gasteiger partial charge >= 0.3 is 13.3 Å². The molecule has 0 heterocycles. The third-order valence-corrected chi connectivity index (χ3v) is 4.25. The molecule has 0 unspecified atom stereocenters. The van der Waals surface area contributed by atoms with Gasteiger partial charge in [-0.2, -0.15) is 0 Å². The number of carboxylic acid groups (broad SMARTS) is 1. The van der Waals surface area contributed by atoms with Gasteiger partial charge in [0.2, 0.25) is 0 Å². The standard InChI is InChI=1S/C12H27BO3.C10H20O2.Mo/c1-4-7-10-14-13(15-11-8-5-2)16-12-9-6-3;1-2-3-4-5-6-7-8-9-10(11)12;/h4-12H2,1-3H3;2-9H2,1H3,(H,11,12);. The van der Waals surface area contributed by atoms with Crippen LogP contribution in [0.5, 0.6) is 0 Å². The van der Waals surface area contributed by atoms with Crippen molar-refractivity contribution in [3.63, 3.8) is 0 Å². The monoisotopic (exact) mass is 500 g/mol. The molecule has 0 spiro atoms. The van der Waals surface area contributed by atoms with E-state index < -0.39 is 13.3 Å². The molecule has 0 aromatic carbocycles. The third kappa shape index (κ3) is 33.0. The summed E-state index contributed by atoms with van der Waals surface area (Å²) >= 11 is 0. The zero-order chi connectivity index (χ0) is 21.3. The van der Waals surface area contributed by atoms with Crippen molar-refractivity contribution in [2.24, 2.45) is 0 Å². The van der Waals surface area contributed by atoms with Gasteiger partial charge in [-0.05, 0) is 25.7 Å². The molecule has 0 saturated carbocycles. The number of unbranched alkanes of at least 4 members (excludes halogenated alkanes) is 9. The zero-order valence-corrected chi connectivity index (χ0v) is 21.6. The van der Waals surface area contributed by atoms with Crippen LogP contribution in [0.15, 0.2) is 0 Å². The quantitative estimate of drug-likeness (QED) is 0.151. The number of carbonyl (C=O) groups is 1. The van der Waals surface area contributed by atoms with E-state index in [2.05, 4.69) is 27.7 Å². The molecule has 0 fully saturated rings. The summed E-state index contributed by atoms with van der Waals surface area (Å²) in [6.45, 7) is 10.8. The first-order valence-corrected chi connectivity index (χ1v) is 11.7. The van der Waals surface area contributed by atoms with E-state index in [9.17, 15) is 4.79 Å². The minimum atomic E-state index is -0.663. The predicted octanol–water partition coefficient (Wildman–Crippen LogP) is 6.63. The molecule has 0 aliphatic rings. The Balaban J connectivity index is -0.000000468. The van der Waals surface area contributed by atoms with Crippen LogP contribution in [-0.4, -0.2) is 38.2 Å². The first-order chi connectivity index (χ1) is 13.6. The van der Waals surface area contributed by atoms with Gasteiger partial charge in [0.15, 0.2) is 0 Å². The van der Waals surface area contributed by atoms with Crippen molar-refractivity contribution in [3.8, 4) is 0 Å². The second-order valence-corrected chi connectivity index (χ2v) is 7.23. The van der Waals surface area contributed by atoms with Gasteiger partial charge in [-0.1, -0.05) is 85.5 Å². The Morgan fingerprint density at radius 2 is 0.966 bits per heavy atom. The summed E-state index contributed by atoms with van der Waals surface area (Å²) in [5.74, 6) is -0.663. The van der Waals surface area contributed by atoms with Crippen LogP contribution in [0.3, 0.4) is 0 Å². The van der Waals surface area contributed by atoms with E-state index in [-0.39, 0.29) is 21.1 Å². The second-order valence-electron chi connectivity index (χ2n) is 7.23. The molecule has 0 bridgehead atoms. The first-order valence-electron chi connectivity index (χ1n) is 11.7. The van der Waals surface area contributed by atoms with Crippen LogP contribution in [0.1, 0.15) is 118 Å². The number of rotatable bonds is 20. The van der Waals surface area contributed by atoms with Gasteiger partial charge < -0.3 is 19.1 Å². The van der Waals surface area contributed by atoms with Crippen LogP contribution in [0.25, 0.3) is 0 Å². The fourth-order valence-electron chi connectivity index (χ4n) is 2.35. The van der Waals surface area contributed by atoms with Gasteiger partial charge in [0, 0.05) is 47.3 Å². The Hall–Kier alpha value is 0.103. The minimum Gasteiger partial charge on any atom is -0.481 e. The van der Waals surface area contributed by atoms with Crippen LogP contribution in [0.2, 0.25) is 0 Å². The third-order valence-electron chi connectivity index (χ3n) is 4.25. The second kappa shape index (κ2) is 30.3. The average molecular weight is 498 g/mol. The molecule has 5 nitrogen and oxygen atoms in total. The number of carboxylic acids is 1. The largest absolute Gasteiger partial charge is 0.639 e. The fourth-order valence-corrected chi connectivity index (χ4v) is 2.35. The van der Waals surface area contributed by atoms with E-state index in [4.69, 9.17) is 19.1 Å². The molecular weight excluding hydrogens is 451 g/mol. The molecule has 0 aromatic heterocycles. The first kappa shape index (κ1) is 33.7. The van der Waals surface area contributed by atoms with Crippen LogP contribution in [0, 0.1) is 0 Å². The van der Waals surface area contributed by atoms with Gasteiger partial charge in [-0.3, -0.25) is 4.79 Å². The summed E-state index contributed by atoms with van der Waals surface area (Å²) in [4.78, 5) is 10.1. The average Bonchev–Trinajstić information content (AvgIpc) is 2.68. The van der Waals surface area contributed by atoms with Crippen molar-refractivity contribution < 1.29 is 44.9 Å². The van der Waals surface area contributed by atoms with Crippen LogP contribution in [-0.2, 0) is 39.8 Å². The summed E-state index contributed by atoms with van der Waals surface area (Å²) in [5.41, 5.74) is 0. The SMILES string of the molecule is CCCCCCCCCC(=O)O.CCCCOB(OCCCC)OCCCC.[Mo]. The summed E-state index contributed by atoms with van der Waals surface area (Å²) in [6.07, 6.45) is 15.2. The topological polar surface area (TPSA) is 65.0 Å². The molecular formula is C22H47BMoO5. The molecule has 0 atom stereocenters. The Kier molecular flexibility index (Phi) is 35.2. The van der Waals surface area contributed by atoms with Gasteiger partial charge in [0.05, 0.1) is 0 Å². The van der Waals surface area contributed by atoms with Gasteiger partial charge in [0.25, 0.3) is 0 Å².